The van der Waals surface area contributed by atoms with Gasteiger partial charge < -0.3 is 10.7 Å². The number of aromatic nitrogens is 1. The number of halogens is 1. The van der Waals surface area contributed by atoms with Crippen LogP contribution in [0.5, 0.6) is 0 Å². The number of hydrogen-bond acceptors (Lipinski definition) is 3. The van der Waals surface area contributed by atoms with Gasteiger partial charge in [0, 0.05) is 31.2 Å². The molecule has 0 fully saturated rings. The Kier molecular flexibility index (Phi) is 3.64. The highest BCUT2D eigenvalue weighted by molar-refractivity contribution is 9.12. The maximum Gasteiger partial charge on any atom is 0.0589 e. The quantitative estimate of drug-likeness (QED) is 0.794. The van der Waals surface area contributed by atoms with Gasteiger partial charge in [0.1, 0.15) is 0 Å². The van der Waals surface area contributed by atoms with E-state index in [1.807, 2.05) is 19.2 Å². The van der Waals surface area contributed by atoms with E-state index in [-0.39, 0.29) is 0 Å². The molecule has 1 heterocycles. The molecule has 1 aromatic heterocycles. The van der Waals surface area contributed by atoms with Crippen LogP contribution < -0.4 is 5.32 Å². The van der Waals surface area contributed by atoms with Crippen LogP contribution in [0.4, 0.5) is 0 Å². The first-order valence-electron chi connectivity index (χ1n) is 3.78. The van der Waals surface area contributed by atoms with E-state index in [0.717, 1.165) is 11.3 Å². The highest BCUT2D eigenvalue weighted by Gasteiger charge is 2.02. The molecule has 0 aromatic carbocycles. The van der Waals surface area contributed by atoms with Gasteiger partial charge in [0.05, 0.1) is 10.2 Å². The van der Waals surface area contributed by atoms with Crippen molar-refractivity contribution in [3.05, 3.63) is 34.6 Å². The summed E-state index contributed by atoms with van der Waals surface area (Å²) in [7, 11) is 1.81. The lowest BCUT2D eigenvalue weighted by atomic mass is 10.2. The van der Waals surface area contributed by atoms with Crippen molar-refractivity contribution in [2.75, 3.05) is 7.05 Å². The molecule has 2 N–H and O–H groups in total. The minimum atomic E-state index is 0.711. The van der Waals surface area contributed by atoms with E-state index in [9.17, 15) is 0 Å². The number of hydrogen-bond donors (Lipinski definition) is 2. The van der Waals surface area contributed by atoms with Crippen LogP contribution in [0.3, 0.4) is 0 Å². The zero-order valence-electron chi connectivity index (χ0n) is 7.21. The normalized spacial score (nSPS) is 11.8. The largest absolute Gasteiger partial charge is 0.387 e. The predicted molar refractivity (Wildman–Crippen MR) is 57.9 cm³/mol. The second-order valence-electron chi connectivity index (χ2n) is 2.36. The average Bonchev–Trinajstić information content (AvgIpc) is 2.20. The van der Waals surface area contributed by atoms with Crippen LogP contribution in [0.2, 0.25) is 0 Å². The molecule has 1 aromatic rings. The molecule has 0 aliphatic carbocycles. The van der Waals surface area contributed by atoms with Gasteiger partial charge in [0.15, 0.2) is 0 Å². The van der Waals surface area contributed by atoms with Gasteiger partial charge in [-0.25, -0.2) is 0 Å². The Balaban J connectivity index is 3.12. The van der Waals surface area contributed by atoms with Gasteiger partial charge in [-0.3, -0.25) is 4.98 Å². The summed E-state index contributed by atoms with van der Waals surface area (Å²) < 4.78 is 0.711. The van der Waals surface area contributed by atoms with Crippen molar-refractivity contribution in [3.63, 3.8) is 0 Å². The second-order valence-corrected chi connectivity index (χ2v) is 3.21. The molecule has 0 bridgehead atoms. The first kappa shape index (κ1) is 9.92. The Labute approximate surface area is 85.5 Å². The van der Waals surface area contributed by atoms with Crippen molar-refractivity contribution in [2.24, 2.45) is 0 Å². The molecule has 0 aliphatic heterocycles. The molecule has 0 aliphatic rings. The van der Waals surface area contributed by atoms with Crippen LogP contribution in [0, 0.1) is 5.41 Å². The van der Waals surface area contributed by atoms with Crippen LogP contribution >= 0.6 is 15.9 Å². The fourth-order valence-electron chi connectivity index (χ4n) is 0.984. The monoisotopic (exact) mass is 239 g/mol. The molecule has 0 saturated carbocycles. The van der Waals surface area contributed by atoms with Crippen LogP contribution in [0.15, 0.2) is 29.0 Å². The smallest absolute Gasteiger partial charge is 0.0589 e. The fourth-order valence-corrected chi connectivity index (χ4v) is 1.41. The molecular formula is C9H10BrN3. The van der Waals surface area contributed by atoms with Gasteiger partial charge in [-0.15, -0.1) is 0 Å². The van der Waals surface area contributed by atoms with Gasteiger partial charge in [-0.1, -0.05) is 0 Å². The van der Waals surface area contributed by atoms with Crippen molar-refractivity contribution >= 4 is 27.8 Å². The third kappa shape index (κ3) is 2.39. The molecule has 68 valence electrons. The van der Waals surface area contributed by atoms with E-state index < -0.39 is 0 Å². The van der Waals surface area contributed by atoms with Gasteiger partial charge >= 0.3 is 0 Å². The third-order valence-electron chi connectivity index (χ3n) is 1.57. The number of nitrogens with one attached hydrogen (secondary N) is 2. The first-order valence-corrected chi connectivity index (χ1v) is 4.57. The molecule has 0 atom stereocenters. The van der Waals surface area contributed by atoms with Crippen LogP contribution in [0.1, 0.15) is 5.56 Å². The third-order valence-corrected chi connectivity index (χ3v) is 2.19. The van der Waals surface area contributed by atoms with Crippen LogP contribution in [0.25, 0.3) is 5.70 Å². The summed E-state index contributed by atoms with van der Waals surface area (Å²) in [4.78, 5) is 4.00. The topological polar surface area (TPSA) is 48.8 Å². The summed E-state index contributed by atoms with van der Waals surface area (Å²) in [5.74, 6) is 0. The Hall–Kier alpha value is -1.16. The molecule has 0 saturated heterocycles. The molecule has 0 amide bonds. The molecule has 0 radical (unpaired) electrons. The van der Waals surface area contributed by atoms with E-state index in [4.69, 9.17) is 5.41 Å². The van der Waals surface area contributed by atoms with Crippen molar-refractivity contribution in [1.82, 2.24) is 10.3 Å². The fraction of sp³-hybridized carbons (Fsp3) is 0.111. The van der Waals surface area contributed by atoms with Gasteiger partial charge in [0.25, 0.3) is 0 Å². The van der Waals surface area contributed by atoms with Crippen LogP contribution in [-0.4, -0.2) is 18.2 Å². The second kappa shape index (κ2) is 4.77. The lowest BCUT2D eigenvalue weighted by Crippen LogP contribution is -2.06. The minimum absolute atomic E-state index is 0.711. The standard InChI is InChI=1S/C9H10BrN3/c1-12-9(8(10)5-11)7-3-2-4-13-6-7/h2-6,11-12H,1H3/b9-8+,11-5?. The number of allylic oxidation sites excluding steroid dienone is 1. The lowest BCUT2D eigenvalue weighted by molar-refractivity contribution is 1.12. The minimum Gasteiger partial charge on any atom is -0.387 e. The first-order chi connectivity index (χ1) is 6.29. The zero-order chi connectivity index (χ0) is 9.68. The lowest BCUT2D eigenvalue weighted by Gasteiger charge is -2.06. The molecule has 0 unspecified atom stereocenters. The van der Waals surface area contributed by atoms with E-state index in [0.29, 0.717) is 4.48 Å². The Morgan fingerprint density at radius 3 is 2.92 bits per heavy atom. The summed E-state index contributed by atoms with van der Waals surface area (Å²) in [5.41, 5.74) is 1.82. The number of nitrogens with zero attached hydrogens (tertiary/aromatic N) is 1. The maximum absolute atomic E-state index is 7.10. The Morgan fingerprint density at radius 1 is 1.69 bits per heavy atom. The summed E-state index contributed by atoms with van der Waals surface area (Å²) in [6.07, 6.45) is 4.71. The summed E-state index contributed by atoms with van der Waals surface area (Å²) in [6, 6.07) is 3.79. The molecular weight excluding hydrogens is 230 g/mol. The van der Waals surface area contributed by atoms with Crippen molar-refractivity contribution in [1.29, 1.82) is 5.41 Å². The van der Waals surface area contributed by atoms with Crippen LogP contribution in [-0.2, 0) is 0 Å². The highest BCUT2D eigenvalue weighted by atomic mass is 79.9. The SMILES string of the molecule is CN/C(=C(/Br)C=N)c1cccnc1. The molecule has 4 heteroatoms. The zero-order valence-corrected chi connectivity index (χ0v) is 8.80. The summed E-state index contributed by atoms with van der Waals surface area (Å²) >= 11 is 3.29. The Bertz CT molecular complexity index is 319. The maximum atomic E-state index is 7.10. The summed E-state index contributed by atoms with van der Waals surface area (Å²) in [6.45, 7) is 0. The molecule has 0 spiro atoms. The van der Waals surface area contributed by atoms with Crippen molar-refractivity contribution in [2.45, 2.75) is 0 Å². The Morgan fingerprint density at radius 2 is 2.46 bits per heavy atom. The molecule has 1 rings (SSSR count). The van der Waals surface area contributed by atoms with E-state index in [1.54, 1.807) is 12.4 Å². The highest BCUT2D eigenvalue weighted by Crippen LogP contribution is 2.17. The van der Waals surface area contributed by atoms with Gasteiger partial charge in [-0.05, 0) is 28.1 Å². The summed E-state index contributed by atoms with van der Waals surface area (Å²) in [5, 5.41) is 10.1. The van der Waals surface area contributed by atoms with Gasteiger partial charge in [-0.2, -0.15) is 0 Å². The number of rotatable bonds is 3. The predicted octanol–water partition coefficient (Wildman–Crippen LogP) is 2.01. The average molecular weight is 240 g/mol. The van der Waals surface area contributed by atoms with E-state index in [2.05, 4.69) is 26.2 Å². The van der Waals surface area contributed by atoms with Crippen molar-refractivity contribution in [3.8, 4) is 0 Å². The molecule has 13 heavy (non-hydrogen) atoms. The number of pyridine rings is 1. The van der Waals surface area contributed by atoms with Crippen molar-refractivity contribution < 1.29 is 0 Å². The van der Waals surface area contributed by atoms with E-state index in [1.165, 1.54) is 6.21 Å². The van der Waals surface area contributed by atoms with Gasteiger partial charge in [0.2, 0.25) is 0 Å². The van der Waals surface area contributed by atoms with E-state index >= 15 is 0 Å². The molecule has 3 nitrogen and oxygen atoms in total.